The molecule has 0 unspecified atom stereocenters. The lowest BCUT2D eigenvalue weighted by molar-refractivity contribution is -0.154. The quantitative estimate of drug-likeness (QED) is 0.847. The molecule has 0 amide bonds. The van der Waals surface area contributed by atoms with E-state index in [1.54, 1.807) is 18.2 Å². The van der Waals surface area contributed by atoms with Crippen molar-refractivity contribution in [2.24, 2.45) is 0 Å². The number of anilines is 1. The summed E-state index contributed by atoms with van der Waals surface area (Å²) < 4.78 is 5.19. The van der Waals surface area contributed by atoms with Crippen LogP contribution in [0.15, 0.2) is 18.2 Å². The van der Waals surface area contributed by atoms with Crippen molar-refractivity contribution < 1.29 is 9.53 Å². The molecule has 0 aliphatic heterocycles. The van der Waals surface area contributed by atoms with Gasteiger partial charge >= 0.3 is 5.97 Å². The minimum Gasteiger partial charge on any atom is -0.460 e. The maximum atomic E-state index is 11.5. The molecule has 0 fully saturated rings. The third-order valence-corrected chi connectivity index (χ3v) is 2.38. The molecule has 1 rings (SSSR count). The second-order valence-corrected chi connectivity index (χ2v) is 5.79. The molecule has 0 saturated heterocycles. The molecule has 0 aromatic heterocycles. The summed E-state index contributed by atoms with van der Waals surface area (Å²) in [5.74, 6) is -0.233. The first-order valence-electron chi connectivity index (χ1n) is 5.68. The molecule has 18 heavy (non-hydrogen) atoms. The molecular weight excluding hydrogens is 273 g/mol. The zero-order valence-electron chi connectivity index (χ0n) is 10.7. The monoisotopic (exact) mass is 289 g/mol. The van der Waals surface area contributed by atoms with Gasteiger partial charge in [0.25, 0.3) is 0 Å². The second kappa shape index (κ2) is 6.30. The van der Waals surface area contributed by atoms with Crippen molar-refractivity contribution >= 4 is 34.9 Å². The van der Waals surface area contributed by atoms with Crippen LogP contribution in [-0.4, -0.2) is 18.1 Å². The Kier molecular flexibility index (Phi) is 5.29. The topological polar surface area (TPSA) is 38.3 Å². The summed E-state index contributed by atoms with van der Waals surface area (Å²) in [4.78, 5) is 11.5. The van der Waals surface area contributed by atoms with Gasteiger partial charge in [0, 0.05) is 22.3 Å². The van der Waals surface area contributed by atoms with E-state index in [9.17, 15) is 4.79 Å². The fraction of sp³-hybridized carbons (Fsp3) is 0.462. The SMILES string of the molecule is CC(C)(C)OC(=O)CCNc1cc(Cl)cc(Cl)c1. The number of halogens is 2. The molecule has 1 aromatic carbocycles. The maximum absolute atomic E-state index is 11.5. The van der Waals surface area contributed by atoms with Gasteiger partial charge in [0.15, 0.2) is 0 Å². The van der Waals surface area contributed by atoms with Crippen LogP contribution < -0.4 is 5.32 Å². The van der Waals surface area contributed by atoms with Crippen LogP contribution in [0.5, 0.6) is 0 Å². The van der Waals surface area contributed by atoms with E-state index in [4.69, 9.17) is 27.9 Å². The number of carbonyl (C=O) groups is 1. The summed E-state index contributed by atoms with van der Waals surface area (Å²) in [5, 5.41) is 4.19. The van der Waals surface area contributed by atoms with Gasteiger partial charge in [0.05, 0.1) is 6.42 Å². The van der Waals surface area contributed by atoms with Crippen molar-refractivity contribution in [1.29, 1.82) is 0 Å². The average molecular weight is 290 g/mol. The Morgan fingerprint density at radius 1 is 1.22 bits per heavy atom. The normalized spacial score (nSPS) is 11.2. The first-order valence-corrected chi connectivity index (χ1v) is 6.44. The van der Waals surface area contributed by atoms with Crippen molar-refractivity contribution in [2.75, 3.05) is 11.9 Å². The van der Waals surface area contributed by atoms with Gasteiger partial charge in [-0.15, -0.1) is 0 Å². The fourth-order valence-electron chi connectivity index (χ4n) is 1.36. The summed E-state index contributed by atoms with van der Waals surface area (Å²) >= 11 is 11.7. The fourth-order valence-corrected chi connectivity index (χ4v) is 1.88. The predicted octanol–water partition coefficient (Wildman–Crippen LogP) is 4.14. The van der Waals surface area contributed by atoms with E-state index < -0.39 is 5.60 Å². The molecule has 0 aliphatic rings. The van der Waals surface area contributed by atoms with Gasteiger partial charge in [-0.1, -0.05) is 23.2 Å². The first-order chi connectivity index (χ1) is 8.26. The zero-order valence-corrected chi connectivity index (χ0v) is 12.2. The Morgan fingerprint density at radius 2 is 1.78 bits per heavy atom. The van der Waals surface area contributed by atoms with Crippen LogP contribution in [0.2, 0.25) is 10.0 Å². The van der Waals surface area contributed by atoms with Crippen LogP contribution in [0.25, 0.3) is 0 Å². The lowest BCUT2D eigenvalue weighted by atomic mass is 10.2. The van der Waals surface area contributed by atoms with Gasteiger partial charge in [-0.05, 0) is 39.0 Å². The van der Waals surface area contributed by atoms with Crippen LogP contribution in [0, 0.1) is 0 Å². The number of ether oxygens (including phenoxy) is 1. The van der Waals surface area contributed by atoms with Crippen LogP contribution in [-0.2, 0) is 9.53 Å². The standard InChI is InChI=1S/C13H17Cl2NO2/c1-13(2,3)18-12(17)4-5-16-11-7-9(14)6-10(15)8-11/h6-8,16H,4-5H2,1-3H3. The summed E-state index contributed by atoms with van der Waals surface area (Å²) in [6, 6.07) is 5.16. The Hall–Kier alpha value is -0.930. The van der Waals surface area contributed by atoms with Gasteiger partial charge in [0.2, 0.25) is 0 Å². The molecule has 3 nitrogen and oxygen atoms in total. The highest BCUT2D eigenvalue weighted by Gasteiger charge is 2.15. The molecule has 0 heterocycles. The third-order valence-electron chi connectivity index (χ3n) is 1.94. The molecular formula is C13H17Cl2NO2. The number of rotatable bonds is 4. The molecule has 1 aromatic rings. The van der Waals surface area contributed by atoms with Crippen molar-refractivity contribution in [3.8, 4) is 0 Å². The van der Waals surface area contributed by atoms with Crippen LogP contribution in [0.4, 0.5) is 5.69 Å². The minimum absolute atomic E-state index is 0.233. The van der Waals surface area contributed by atoms with Crippen molar-refractivity contribution in [1.82, 2.24) is 0 Å². The Morgan fingerprint density at radius 3 is 2.28 bits per heavy atom. The predicted molar refractivity (Wildman–Crippen MR) is 75.4 cm³/mol. The Balaban J connectivity index is 2.40. The van der Waals surface area contributed by atoms with E-state index in [1.807, 2.05) is 20.8 Å². The van der Waals surface area contributed by atoms with E-state index in [2.05, 4.69) is 5.32 Å². The molecule has 0 spiro atoms. The number of esters is 1. The van der Waals surface area contributed by atoms with E-state index in [1.165, 1.54) is 0 Å². The van der Waals surface area contributed by atoms with Gasteiger partial charge in [-0.3, -0.25) is 4.79 Å². The van der Waals surface area contributed by atoms with Crippen molar-refractivity contribution in [3.63, 3.8) is 0 Å². The first kappa shape index (κ1) is 15.1. The van der Waals surface area contributed by atoms with Gasteiger partial charge in [-0.2, -0.15) is 0 Å². The van der Waals surface area contributed by atoms with Gasteiger partial charge in [-0.25, -0.2) is 0 Å². The molecule has 0 atom stereocenters. The second-order valence-electron chi connectivity index (χ2n) is 4.92. The van der Waals surface area contributed by atoms with E-state index >= 15 is 0 Å². The number of benzene rings is 1. The minimum atomic E-state index is -0.448. The van der Waals surface area contributed by atoms with Crippen LogP contribution in [0.3, 0.4) is 0 Å². The smallest absolute Gasteiger partial charge is 0.308 e. The van der Waals surface area contributed by atoms with Gasteiger partial charge < -0.3 is 10.1 Å². The lowest BCUT2D eigenvalue weighted by Gasteiger charge is -2.19. The summed E-state index contributed by atoms with van der Waals surface area (Å²) in [6.45, 7) is 6.00. The number of hydrogen-bond donors (Lipinski definition) is 1. The third kappa shape index (κ3) is 6.12. The largest absolute Gasteiger partial charge is 0.460 e. The van der Waals surface area contributed by atoms with Crippen molar-refractivity contribution in [3.05, 3.63) is 28.2 Å². The molecule has 0 aliphatic carbocycles. The zero-order chi connectivity index (χ0) is 13.8. The summed E-state index contributed by atoms with van der Waals surface area (Å²) in [5.41, 5.74) is 0.340. The average Bonchev–Trinajstić information content (AvgIpc) is 2.12. The Labute approximate surface area is 117 Å². The van der Waals surface area contributed by atoms with Crippen LogP contribution in [0.1, 0.15) is 27.2 Å². The maximum Gasteiger partial charge on any atom is 0.308 e. The van der Waals surface area contributed by atoms with Crippen LogP contribution >= 0.6 is 23.2 Å². The highest BCUT2D eigenvalue weighted by atomic mass is 35.5. The summed E-state index contributed by atoms with van der Waals surface area (Å²) in [7, 11) is 0. The van der Waals surface area contributed by atoms with Crippen molar-refractivity contribution in [2.45, 2.75) is 32.8 Å². The summed E-state index contributed by atoms with van der Waals surface area (Å²) in [6.07, 6.45) is 0.293. The van der Waals surface area contributed by atoms with E-state index in [0.29, 0.717) is 23.0 Å². The molecule has 0 radical (unpaired) electrons. The number of nitrogens with one attached hydrogen (secondary N) is 1. The molecule has 0 saturated carbocycles. The lowest BCUT2D eigenvalue weighted by Crippen LogP contribution is -2.25. The number of carbonyl (C=O) groups excluding carboxylic acids is 1. The highest BCUT2D eigenvalue weighted by molar-refractivity contribution is 6.35. The molecule has 1 N–H and O–H groups in total. The van der Waals surface area contributed by atoms with E-state index in [-0.39, 0.29) is 5.97 Å². The van der Waals surface area contributed by atoms with E-state index in [0.717, 1.165) is 5.69 Å². The molecule has 0 bridgehead atoms. The number of hydrogen-bond acceptors (Lipinski definition) is 3. The highest BCUT2D eigenvalue weighted by Crippen LogP contribution is 2.22. The Bertz CT molecular complexity index is 407. The van der Waals surface area contributed by atoms with Gasteiger partial charge in [0.1, 0.15) is 5.60 Å². The molecule has 100 valence electrons. The molecule has 5 heteroatoms.